The van der Waals surface area contributed by atoms with Crippen molar-refractivity contribution in [1.29, 1.82) is 0 Å². The third-order valence-electron chi connectivity index (χ3n) is 2.92. The Morgan fingerprint density at radius 1 is 1.06 bits per heavy atom. The fourth-order valence-electron chi connectivity index (χ4n) is 1.66. The summed E-state index contributed by atoms with van der Waals surface area (Å²) in [7, 11) is 0. The predicted octanol–water partition coefficient (Wildman–Crippen LogP) is 3.61. The third kappa shape index (κ3) is 10.4. The van der Waals surface area contributed by atoms with E-state index in [1.165, 1.54) is 32.1 Å². The van der Waals surface area contributed by atoms with Gasteiger partial charge in [-0.25, -0.2) is 0 Å². The van der Waals surface area contributed by atoms with Gasteiger partial charge < -0.3 is 10.1 Å². The van der Waals surface area contributed by atoms with Gasteiger partial charge in [-0.05, 0) is 25.2 Å². The molecule has 2 heteroatoms. The Hall–Kier alpha value is -0.0800. The van der Waals surface area contributed by atoms with E-state index in [1.54, 1.807) is 0 Å². The fraction of sp³-hybridized carbons (Fsp3) is 1.00. The quantitative estimate of drug-likeness (QED) is 0.547. The maximum absolute atomic E-state index is 5.58. The van der Waals surface area contributed by atoms with E-state index in [2.05, 4.69) is 33.0 Å². The van der Waals surface area contributed by atoms with Crippen molar-refractivity contribution in [3.05, 3.63) is 0 Å². The summed E-state index contributed by atoms with van der Waals surface area (Å²) >= 11 is 0. The summed E-state index contributed by atoms with van der Waals surface area (Å²) in [6, 6.07) is 0.689. The second-order valence-electron chi connectivity index (χ2n) is 5.00. The second kappa shape index (κ2) is 11.4. The molecule has 0 aliphatic rings. The first kappa shape index (κ1) is 15.9. The number of hydrogen-bond acceptors (Lipinski definition) is 2. The Morgan fingerprint density at radius 2 is 1.81 bits per heavy atom. The molecule has 1 unspecified atom stereocenters. The highest BCUT2D eigenvalue weighted by Gasteiger charge is 2.03. The zero-order valence-corrected chi connectivity index (χ0v) is 11.7. The van der Waals surface area contributed by atoms with Crippen LogP contribution >= 0.6 is 0 Å². The van der Waals surface area contributed by atoms with Crippen molar-refractivity contribution in [2.75, 3.05) is 19.8 Å². The molecule has 2 nitrogen and oxygen atoms in total. The molecule has 0 spiro atoms. The lowest BCUT2D eigenvalue weighted by Gasteiger charge is -2.16. The molecule has 0 aromatic carbocycles. The maximum Gasteiger partial charge on any atom is 0.0591 e. The molecule has 0 rings (SSSR count). The Bertz CT molecular complexity index is 137. The van der Waals surface area contributed by atoms with Gasteiger partial charge in [-0.15, -0.1) is 0 Å². The minimum absolute atomic E-state index is 0.689. The number of hydrogen-bond donors (Lipinski definition) is 1. The Balaban J connectivity index is 3.27. The molecular formula is C14H31NO. The SMILES string of the molecule is CCCCC(CC)NCCOCCC(C)C. The number of ether oxygens (including phenoxy) is 1. The van der Waals surface area contributed by atoms with Gasteiger partial charge >= 0.3 is 0 Å². The molecule has 98 valence electrons. The fourth-order valence-corrected chi connectivity index (χ4v) is 1.66. The summed E-state index contributed by atoms with van der Waals surface area (Å²) in [5.74, 6) is 0.751. The van der Waals surface area contributed by atoms with E-state index >= 15 is 0 Å². The largest absolute Gasteiger partial charge is 0.380 e. The Labute approximate surface area is 102 Å². The molecule has 0 aromatic heterocycles. The van der Waals surface area contributed by atoms with Crippen LogP contribution < -0.4 is 5.32 Å². The van der Waals surface area contributed by atoms with Gasteiger partial charge in [-0.3, -0.25) is 0 Å². The summed E-state index contributed by atoms with van der Waals surface area (Å²) in [6.45, 7) is 11.7. The van der Waals surface area contributed by atoms with E-state index in [0.29, 0.717) is 6.04 Å². The number of unbranched alkanes of at least 4 members (excludes halogenated alkanes) is 1. The average Bonchev–Trinajstić information content (AvgIpc) is 2.26. The third-order valence-corrected chi connectivity index (χ3v) is 2.92. The van der Waals surface area contributed by atoms with E-state index in [9.17, 15) is 0 Å². The zero-order chi connectivity index (χ0) is 12.2. The number of nitrogens with one attached hydrogen (secondary N) is 1. The van der Waals surface area contributed by atoms with E-state index in [1.807, 2.05) is 0 Å². The predicted molar refractivity (Wildman–Crippen MR) is 71.9 cm³/mol. The van der Waals surface area contributed by atoms with Crippen molar-refractivity contribution >= 4 is 0 Å². The van der Waals surface area contributed by atoms with Crippen molar-refractivity contribution in [2.45, 2.75) is 65.8 Å². The van der Waals surface area contributed by atoms with Gasteiger partial charge in [0.15, 0.2) is 0 Å². The van der Waals surface area contributed by atoms with Gasteiger partial charge in [-0.1, -0.05) is 40.5 Å². The van der Waals surface area contributed by atoms with Gasteiger partial charge in [-0.2, -0.15) is 0 Å². The first-order valence-electron chi connectivity index (χ1n) is 7.01. The van der Waals surface area contributed by atoms with Crippen molar-refractivity contribution in [3.63, 3.8) is 0 Å². The standard InChI is InChI=1S/C14H31NO/c1-5-7-8-14(6-2)15-10-12-16-11-9-13(3)4/h13-15H,5-12H2,1-4H3. The van der Waals surface area contributed by atoms with Gasteiger partial charge in [0.25, 0.3) is 0 Å². The van der Waals surface area contributed by atoms with Crippen LogP contribution in [0.3, 0.4) is 0 Å². The monoisotopic (exact) mass is 229 g/mol. The molecule has 0 aromatic rings. The molecule has 0 aliphatic heterocycles. The molecule has 0 bridgehead atoms. The van der Waals surface area contributed by atoms with Crippen LogP contribution in [0, 0.1) is 5.92 Å². The first-order valence-corrected chi connectivity index (χ1v) is 7.01. The topological polar surface area (TPSA) is 21.3 Å². The molecule has 0 radical (unpaired) electrons. The smallest absolute Gasteiger partial charge is 0.0591 e. The Kier molecular flexibility index (Phi) is 11.3. The highest BCUT2D eigenvalue weighted by molar-refractivity contribution is 4.64. The van der Waals surface area contributed by atoms with Crippen LogP contribution in [0.15, 0.2) is 0 Å². The summed E-state index contributed by atoms with van der Waals surface area (Å²) in [5, 5.41) is 3.57. The second-order valence-corrected chi connectivity index (χ2v) is 5.00. The van der Waals surface area contributed by atoms with Crippen LogP contribution in [-0.2, 0) is 4.74 Å². The molecule has 0 heterocycles. The van der Waals surface area contributed by atoms with Crippen LogP contribution in [-0.4, -0.2) is 25.8 Å². The molecule has 0 aliphatic carbocycles. The minimum Gasteiger partial charge on any atom is -0.380 e. The summed E-state index contributed by atoms with van der Waals surface area (Å²) in [6.07, 6.45) is 6.33. The molecule has 1 N–H and O–H groups in total. The molecule has 0 amide bonds. The lowest BCUT2D eigenvalue weighted by atomic mass is 10.1. The highest BCUT2D eigenvalue weighted by Crippen LogP contribution is 2.03. The molecule has 1 atom stereocenters. The van der Waals surface area contributed by atoms with Gasteiger partial charge in [0.05, 0.1) is 6.61 Å². The summed E-state index contributed by atoms with van der Waals surface area (Å²) in [4.78, 5) is 0. The van der Waals surface area contributed by atoms with Crippen LogP contribution in [0.4, 0.5) is 0 Å². The maximum atomic E-state index is 5.58. The van der Waals surface area contributed by atoms with E-state index < -0.39 is 0 Å². The van der Waals surface area contributed by atoms with Crippen molar-refractivity contribution in [3.8, 4) is 0 Å². The van der Waals surface area contributed by atoms with Crippen molar-refractivity contribution in [1.82, 2.24) is 5.32 Å². The minimum atomic E-state index is 0.689. The molecule has 0 fully saturated rings. The summed E-state index contributed by atoms with van der Waals surface area (Å²) < 4.78 is 5.58. The molecule has 16 heavy (non-hydrogen) atoms. The zero-order valence-electron chi connectivity index (χ0n) is 11.7. The van der Waals surface area contributed by atoms with Gasteiger partial charge in [0.2, 0.25) is 0 Å². The van der Waals surface area contributed by atoms with Crippen LogP contribution in [0.25, 0.3) is 0 Å². The molecule has 0 saturated carbocycles. The van der Waals surface area contributed by atoms with E-state index in [4.69, 9.17) is 4.74 Å². The van der Waals surface area contributed by atoms with Gasteiger partial charge in [0.1, 0.15) is 0 Å². The molecule has 0 saturated heterocycles. The highest BCUT2D eigenvalue weighted by atomic mass is 16.5. The average molecular weight is 229 g/mol. The van der Waals surface area contributed by atoms with Crippen LogP contribution in [0.1, 0.15) is 59.8 Å². The van der Waals surface area contributed by atoms with E-state index in [-0.39, 0.29) is 0 Å². The lowest BCUT2D eigenvalue weighted by molar-refractivity contribution is 0.123. The normalized spacial score (nSPS) is 13.3. The molecular weight excluding hydrogens is 198 g/mol. The van der Waals surface area contributed by atoms with Crippen molar-refractivity contribution < 1.29 is 4.74 Å². The van der Waals surface area contributed by atoms with Crippen LogP contribution in [0.2, 0.25) is 0 Å². The first-order chi connectivity index (χ1) is 7.70. The summed E-state index contributed by atoms with van der Waals surface area (Å²) in [5.41, 5.74) is 0. The Morgan fingerprint density at radius 3 is 2.38 bits per heavy atom. The van der Waals surface area contributed by atoms with Crippen molar-refractivity contribution in [2.24, 2.45) is 5.92 Å². The van der Waals surface area contributed by atoms with E-state index in [0.717, 1.165) is 25.7 Å². The van der Waals surface area contributed by atoms with Crippen LogP contribution in [0.5, 0.6) is 0 Å². The van der Waals surface area contributed by atoms with Gasteiger partial charge in [0, 0.05) is 19.2 Å². The lowest BCUT2D eigenvalue weighted by Crippen LogP contribution is -2.31. The number of rotatable bonds is 11.